The first-order valence-corrected chi connectivity index (χ1v) is 7.85. The molecule has 3 aromatic rings. The largest absolute Gasteiger partial charge is 0.342 e. The Bertz CT molecular complexity index is 749. The predicted molar refractivity (Wildman–Crippen MR) is 89.1 cm³/mol. The highest BCUT2D eigenvalue weighted by atomic mass is 16.2. The van der Waals surface area contributed by atoms with E-state index < -0.39 is 0 Å². The number of nitrogens with zero attached hydrogens (tertiary/aromatic N) is 4. The molecule has 0 atom stereocenters. The average molecular weight is 308 g/mol. The van der Waals surface area contributed by atoms with Gasteiger partial charge in [0, 0.05) is 37.9 Å². The van der Waals surface area contributed by atoms with Crippen molar-refractivity contribution in [2.24, 2.45) is 0 Å². The van der Waals surface area contributed by atoms with Gasteiger partial charge in [0.2, 0.25) is 5.91 Å². The monoisotopic (exact) mass is 308 g/mol. The minimum Gasteiger partial charge on any atom is -0.342 e. The first-order chi connectivity index (χ1) is 11.3. The lowest BCUT2D eigenvalue weighted by molar-refractivity contribution is -0.130. The molecule has 3 heterocycles. The smallest absolute Gasteiger partial charge is 0.228 e. The summed E-state index contributed by atoms with van der Waals surface area (Å²) in [5.74, 6) is 0.116. The topological polar surface area (TPSA) is 50.5 Å². The molecule has 23 heavy (non-hydrogen) atoms. The second-order valence-corrected chi connectivity index (χ2v) is 5.45. The molecule has 0 aliphatic rings. The van der Waals surface area contributed by atoms with E-state index in [0.29, 0.717) is 19.5 Å². The summed E-state index contributed by atoms with van der Waals surface area (Å²) in [6.45, 7) is 3.43. The van der Waals surface area contributed by atoms with Gasteiger partial charge in [0.25, 0.3) is 0 Å². The Hall–Kier alpha value is -2.69. The molecule has 118 valence electrons. The van der Waals surface area contributed by atoms with Crippen LogP contribution in [-0.4, -0.2) is 38.3 Å². The third kappa shape index (κ3) is 3.74. The quantitative estimate of drug-likeness (QED) is 0.702. The lowest BCUT2D eigenvalue weighted by Gasteiger charge is -2.20. The van der Waals surface area contributed by atoms with E-state index in [4.69, 9.17) is 0 Å². The lowest BCUT2D eigenvalue weighted by atomic mass is 10.2. The van der Waals surface area contributed by atoms with Crippen LogP contribution < -0.4 is 0 Å². The van der Waals surface area contributed by atoms with Gasteiger partial charge in [0.15, 0.2) is 0 Å². The number of pyridine rings is 2. The maximum Gasteiger partial charge on any atom is 0.228 e. The average Bonchev–Trinajstić information content (AvgIpc) is 2.98. The van der Waals surface area contributed by atoms with Gasteiger partial charge in [-0.2, -0.15) is 0 Å². The van der Waals surface area contributed by atoms with Crippen LogP contribution in [0, 0.1) is 0 Å². The predicted octanol–water partition coefficient (Wildman–Crippen LogP) is 2.36. The fourth-order valence-electron chi connectivity index (χ4n) is 2.61. The number of hydrogen-bond donors (Lipinski definition) is 0. The van der Waals surface area contributed by atoms with Crippen molar-refractivity contribution in [2.45, 2.75) is 19.8 Å². The zero-order valence-corrected chi connectivity index (χ0v) is 13.2. The molecule has 0 unspecified atom stereocenters. The summed E-state index contributed by atoms with van der Waals surface area (Å²) < 4.78 is 1.94. The van der Waals surface area contributed by atoms with Crippen LogP contribution in [0.1, 0.15) is 18.2 Å². The molecule has 0 aliphatic carbocycles. The van der Waals surface area contributed by atoms with E-state index in [1.54, 1.807) is 12.4 Å². The summed E-state index contributed by atoms with van der Waals surface area (Å²) in [6, 6.07) is 9.81. The molecular weight excluding hydrogens is 288 g/mol. The number of imidazole rings is 1. The molecule has 3 rings (SSSR count). The molecule has 1 amide bonds. The van der Waals surface area contributed by atoms with Crippen molar-refractivity contribution in [3.05, 3.63) is 66.4 Å². The molecule has 5 nitrogen and oxygen atoms in total. The van der Waals surface area contributed by atoms with Crippen molar-refractivity contribution in [3.63, 3.8) is 0 Å². The van der Waals surface area contributed by atoms with Crippen molar-refractivity contribution in [2.75, 3.05) is 13.1 Å². The van der Waals surface area contributed by atoms with Crippen LogP contribution in [0.25, 0.3) is 5.65 Å². The van der Waals surface area contributed by atoms with Gasteiger partial charge in [-0.05, 0) is 43.2 Å². The molecule has 0 aliphatic heterocycles. The van der Waals surface area contributed by atoms with Crippen molar-refractivity contribution in [3.8, 4) is 0 Å². The molecule has 3 aromatic heterocycles. The maximum atomic E-state index is 12.5. The lowest BCUT2D eigenvalue weighted by Crippen LogP contribution is -2.34. The fourth-order valence-corrected chi connectivity index (χ4v) is 2.61. The summed E-state index contributed by atoms with van der Waals surface area (Å²) in [5.41, 5.74) is 2.87. The van der Waals surface area contributed by atoms with Gasteiger partial charge in [0.05, 0.1) is 12.1 Å². The highest BCUT2D eigenvalue weighted by Crippen LogP contribution is 2.07. The van der Waals surface area contributed by atoms with Crippen LogP contribution in [-0.2, 0) is 17.6 Å². The van der Waals surface area contributed by atoms with Crippen molar-refractivity contribution in [1.82, 2.24) is 19.3 Å². The van der Waals surface area contributed by atoms with Gasteiger partial charge >= 0.3 is 0 Å². The molecule has 0 fully saturated rings. The Morgan fingerprint density at radius 1 is 1.22 bits per heavy atom. The number of likely N-dealkylation sites (N-methyl/N-ethyl adjacent to an activating group) is 1. The van der Waals surface area contributed by atoms with E-state index >= 15 is 0 Å². The Kier molecular flexibility index (Phi) is 4.66. The van der Waals surface area contributed by atoms with Gasteiger partial charge in [-0.25, -0.2) is 4.98 Å². The minimum absolute atomic E-state index is 0.116. The van der Waals surface area contributed by atoms with E-state index in [2.05, 4.69) is 9.97 Å². The van der Waals surface area contributed by atoms with Gasteiger partial charge < -0.3 is 9.30 Å². The standard InChI is InChI=1S/C18H20N4O/c1-2-21(12-8-15-6-9-19-10-7-15)18(23)13-16-14-22-11-4-3-5-17(22)20-16/h3-7,9-11,14H,2,8,12-13H2,1H3. The minimum atomic E-state index is 0.116. The van der Waals surface area contributed by atoms with E-state index in [0.717, 1.165) is 17.8 Å². The Balaban J connectivity index is 1.63. The molecule has 0 saturated heterocycles. The number of carbonyl (C=O) groups excluding carboxylic acids is 1. The van der Waals surface area contributed by atoms with Gasteiger partial charge in [-0.3, -0.25) is 9.78 Å². The highest BCUT2D eigenvalue weighted by Gasteiger charge is 2.14. The van der Waals surface area contributed by atoms with Gasteiger partial charge in [-0.15, -0.1) is 0 Å². The molecule has 5 heteroatoms. The highest BCUT2D eigenvalue weighted by molar-refractivity contribution is 5.78. The second-order valence-electron chi connectivity index (χ2n) is 5.45. The first-order valence-electron chi connectivity index (χ1n) is 7.85. The zero-order chi connectivity index (χ0) is 16.1. The summed E-state index contributed by atoms with van der Waals surface area (Å²) >= 11 is 0. The van der Waals surface area contributed by atoms with Crippen molar-refractivity contribution in [1.29, 1.82) is 0 Å². The molecule has 0 aromatic carbocycles. The maximum absolute atomic E-state index is 12.5. The number of amides is 1. The van der Waals surface area contributed by atoms with Crippen LogP contribution >= 0.6 is 0 Å². The van der Waals surface area contributed by atoms with Crippen LogP contribution in [0.15, 0.2) is 55.1 Å². The fraction of sp³-hybridized carbons (Fsp3) is 0.278. The van der Waals surface area contributed by atoms with E-state index in [9.17, 15) is 4.79 Å². The first kappa shape index (κ1) is 15.2. The molecule has 0 spiro atoms. The van der Waals surface area contributed by atoms with Crippen LogP contribution in [0.2, 0.25) is 0 Å². The van der Waals surface area contributed by atoms with E-state index in [-0.39, 0.29) is 5.91 Å². The third-order valence-electron chi connectivity index (χ3n) is 3.90. The van der Waals surface area contributed by atoms with Crippen molar-refractivity contribution < 1.29 is 4.79 Å². The number of hydrogen-bond acceptors (Lipinski definition) is 3. The van der Waals surface area contributed by atoms with Gasteiger partial charge in [-0.1, -0.05) is 6.07 Å². The number of aromatic nitrogens is 3. The molecule has 0 radical (unpaired) electrons. The Morgan fingerprint density at radius 3 is 2.78 bits per heavy atom. The van der Waals surface area contributed by atoms with E-state index in [1.165, 1.54) is 5.56 Å². The number of carbonyl (C=O) groups is 1. The summed E-state index contributed by atoms with van der Waals surface area (Å²) in [5, 5.41) is 0. The SMILES string of the molecule is CCN(CCc1ccncc1)C(=O)Cc1cn2ccccc2n1. The summed E-state index contributed by atoms with van der Waals surface area (Å²) in [6.07, 6.45) is 8.61. The molecule has 0 saturated carbocycles. The van der Waals surface area contributed by atoms with E-state index in [1.807, 2.05) is 58.9 Å². The van der Waals surface area contributed by atoms with Crippen molar-refractivity contribution >= 4 is 11.6 Å². The van der Waals surface area contributed by atoms with Crippen LogP contribution in [0.4, 0.5) is 0 Å². The summed E-state index contributed by atoms with van der Waals surface area (Å²) in [4.78, 5) is 22.9. The third-order valence-corrected chi connectivity index (χ3v) is 3.90. The second kappa shape index (κ2) is 7.05. The Labute approximate surface area is 135 Å². The molecule has 0 N–H and O–H groups in total. The van der Waals surface area contributed by atoms with Crippen LogP contribution in [0.3, 0.4) is 0 Å². The molecule has 0 bridgehead atoms. The van der Waals surface area contributed by atoms with Crippen LogP contribution in [0.5, 0.6) is 0 Å². The van der Waals surface area contributed by atoms with Gasteiger partial charge in [0.1, 0.15) is 5.65 Å². The number of rotatable bonds is 6. The Morgan fingerprint density at radius 2 is 2.04 bits per heavy atom. The zero-order valence-electron chi connectivity index (χ0n) is 13.2. The normalized spacial score (nSPS) is 10.8. The molecular formula is C18H20N4O. The number of fused-ring (bicyclic) bond motifs is 1. The summed E-state index contributed by atoms with van der Waals surface area (Å²) in [7, 11) is 0.